The summed E-state index contributed by atoms with van der Waals surface area (Å²) in [6.45, 7) is 10.6. The predicted octanol–water partition coefficient (Wildman–Crippen LogP) is 3.39. The molecule has 3 heteroatoms. The minimum absolute atomic E-state index is 0.235. The Morgan fingerprint density at radius 2 is 2.11 bits per heavy atom. The number of hydrogen-bond donors (Lipinski definition) is 1. The molecule has 0 bridgehead atoms. The number of aromatic nitrogens is 1. The molecule has 0 spiro atoms. The number of rotatable bonds is 8. The van der Waals surface area contributed by atoms with E-state index in [4.69, 9.17) is 4.74 Å². The van der Waals surface area contributed by atoms with Gasteiger partial charge >= 0.3 is 0 Å². The fourth-order valence-corrected chi connectivity index (χ4v) is 1.99. The van der Waals surface area contributed by atoms with Crippen LogP contribution in [0, 0.1) is 5.92 Å². The quantitative estimate of drug-likeness (QED) is 0.718. The molecule has 1 N–H and O–H groups in total. The lowest BCUT2D eigenvalue weighted by Gasteiger charge is -2.18. The molecule has 1 aromatic rings. The van der Waals surface area contributed by atoms with E-state index >= 15 is 0 Å². The van der Waals surface area contributed by atoms with Gasteiger partial charge in [-0.1, -0.05) is 20.8 Å². The average Bonchev–Trinajstić information content (AvgIpc) is 2.30. The van der Waals surface area contributed by atoms with Gasteiger partial charge in [0, 0.05) is 18.3 Å². The summed E-state index contributed by atoms with van der Waals surface area (Å²) >= 11 is 0. The van der Waals surface area contributed by atoms with Gasteiger partial charge in [0.2, 0.25) is 0 Å². The fraction of sp³-hybridized carbons (Fsp3) is 0.667. The minimum atomic E-state index is 0.235. The third kappa shape index (κ3) is 5.50. The predicted molar refractivity (Wildman–Crippen MR) is 75.8 cm³/mol. The highest BCUT2D eigenvalue weighted by Gasteiger charge is 2.10. The lowest BCUT2D eigenvalue weighted by molar-refractivity contribution is 0.190. The smallest absolute Gasteiger partial charge is 0.142 e. The Hall–Kier alpha value is -1.09. The Bertz CT molecular complexity index is 339. The third-order valence-corrected chi connectivity index (χ3v) is 2.74. The third-order valence-electron chi connectivity index (χ3n) is 2.74. The molecule has 18 heavy (non-hydrogen) atoms. The molecule has 1 unspecified atom stereocenters. The molecule has 1 heterocycles. The van der Waals surface area contributed by atoms with Crippen LogP contribution in [0.25, 0.3) is 0 Å². The lowest BCUT2D eigenvalue weighted by Crippen LogP contribution is -2.18. The van der Waals surface area contributed by atoms with Gasteiger partial charge in [-0.05, 0) is 38.3 Å². The van der Waals surface area contributed by atoms with Crippen molar-refractivity contribution >= 4 is 0 Å². The van der Waals surface area contributed by atoms with Crippen molar-refractivity contribution in [2.24, 2.45) is 5.92 Å². The number of ether oxygens (including phenoxy) is 1. The van der Waals surface area contributed by atoms with Crippen LogP contribution in [-0.4, -0.2) is 17.6 Å². The molecule has 0 amide bonds. The Morgan fingerprint density at radius 1 is 1.33 bits per heavy atom. The summed E-state index contributed by atoms with van der Waals surface area (Å²) in [5, 5.41) is 3.40. The molecule has 0 fully saturated rings. The minimum Gasteiger partial charge on any atom is -0.489 e. The summed E-state index contributed by atoms with van der Waals surface area (Å²) in [5.74, 6) is 1.56. The standard InChI is InChI=1S/C15H26N2O/c1-5-7-16-10-14-6-8-17-11-15(14)18-13(4)9-12(2)3/h6,8,11-13,16H,5,7,9-10H2,1-4H3. The van der Waals surface area contributed by atoms with Crippen LogP contribution < -0.4 is 10.1 Å². The molecule has 0 aliphatic heterocycles. The first-order valence-corrected chi connectivity index (χ1v) is 6.93. The largest absolute Gasteiger partial charge is 0.489 e. The first-order valence-electron chi connectivity index (χ1n) is 6.93. The van der Waals surface area contributed by atoms with Gasteiger partial charge in [0.15, 0.2) is 0 Å². The summed E-state index contributed by atoms with van der Waals surface area (Å²) in [5.41, 5.74) is 1.19. The summed E-state index contributed by atoms with van der Waals surface area (Å²) in [6, 6.07) is 2.03. The van der Waals surface area contributed by atoms with Gasteiger partial charge in [0.05, 0.1) is 12.3 Å². The highest BCUT2D eigenvalue weighted by atomic mass is 16.5. The first-order chi connectivity index (χ1) is 8.63. The number of hydrogen-bond acceptors (Lipinski definition) is 3. The molecule has 0 saturated carbocycles. The van der Waals surface area contributed by atoms with Gasteiger partial charge in [0.1, 0.15) is 5.75 Å². The maximum atomic E-state index is 5.98. The van der Waals surface area contributed by atoms with E-state index in [1.54, 1.807) is 0 Å². The topological polar surface area (TPSA) is 34.2 Å². The van der Waals surface area contributed by atoms with Crippen molar-refractivity contribution in [3.63, 3.8) is 0 Å². The van der Waals surface area contributed by atoms with Gasteiger partial charge in [-0.2, -0.15) is 0 Å². The number of pyridine rings is 1. The van der Waals surface area contributed by atoms with Crippen LogP contribution >= 0.6 is 0 Å². The van der Waals surface area contributed by atoms with Crippen molar-refractivity contribution in [1.29, 1.82) is 0 Å². The van der Waals surface area contributed by atoms with Crippen molar-refractivity contribution in [2.45, 2.75) is 53.2 Å². The van der Waals surface area contributed by atoms with Crippen LogP contribution in [0.2, 0.25) is 0 Å². The molecule has 1 aromatic heterocycles. The van der Waals surface area contributed by atoms with E-state index in [1.165, 1.54) is 5.56 Å². The van der Waals surface area contributed by atoms with E-state index in [0.29, 0.717) is 5.92 Å². The zero-order chi connectivity index (χ0) is 13.4. The Morgan fingerprint density at radius 3 is 2.78 bits per heavy atom. The van der Waals surface area contributed by atoms with E-state index in [0.717, 1.165) is 31.7 Å². The van der Waals surface area contributed by atoms with E-state index in [2.05, 4.69) is 38.0 Å². The zero-order valence-corrected chi connectivity index (χ0v) is 12.1. The molecule has 1 rings (SSSR count). The summed E-state index contributed by atoms with van der Waals surface area (Å²) in [4.78, 5) is 4.15. The Labute approximate surface area is 111 Å². The van der Waals surface area contributed by atoms with Crippen LogP contribution in [0.15, 0.2) is 18.5 Å². The lowest BCUT2D eigenvalue weighted by atomic mass is 10.1. The van der Waals surface area contributed by atoms with E-state index in [-0.39, 0.29) is 6.10 Å². The Balaban J connectivity index is 2.58. The van der Waals surface area contributed by atoms with Crippen molar-refractivity contribution in [1.82, 2.24) is 10.3 Å². The Kier molecular flexibility index (Phi) is 6.73. The van der Waals surface area contributed by atoms with Crippen LogP contribution in [0.4, 0.5) is 0 Å². The zero-order valence-electron chi connectivity index (χ0n) is 12.1. The maximum absolute atomic E-state index is 5.98. The average molecular weight is 250 g/mol. The van der Waals surface area contributed by atoms with E-state index in [9.17, 15) is 0 Å². The first kappa shape index (κ1) is 15.0. The van der Waals surface area contributed by atoms with Crippen LogP contribution in [0.5, 0.6) is 5.75 Å². The van der Waals surface area contributed by atoms with Gasteiger partial charge < -0.3 is 10.1 Å². The van der Waals surface area contributed by atoms with Gasteiger partial charge in [-0.3, -0.25) is 4.98 Å². The molecule has 0 aromatic carbocycles. The van der Waals surface area contributed by atoms with Gasteiger partial charge in [-0.15, -0.1) is 0 Å². The normalized spacial score (nSPS) is 12.7. The number of nitrogens with one attached hydrogen (secondary N) is 1. The molecule has 102 valence electrons. The molecule has 0 saturated heterocycles. The monoisotopic (exact) mass is 250 g/mol. The molecule has 0 aliphatic carbocycles. The van der Waals surface area contributed by atoms with E-state index < -0.39 is 0 Å². The van der Waals surface area contributed by atoms with Gasteiger partial charge in [0.25, 0.3) is 0 Å². The van der Waals surface area contributed by atoms with Crippen molar-refractivity contribution in [3.8, 4) is 5.75 Å². The van der Waals surface area contributed by atoms with Crippen molar-refractivity contribution < 1.29 is 4.74 Å². The molecule has 3 nitrogen and oxygen atoms in total. The SMILES string of the molecule is CCCNCc1ccncc1OC(C)CC(C)C. The highest BCUT2D eigenvalue weighted by Crippen LogP contribution is 2.20. The van der Waals surface area contributed by atoms with Crippen molar-refractivity contribution in [2.75, 3.05) is 6.54 Å². The fourth-order valence-electron chi connectivity index (χ4n) is 1.99. The summed E-state index contributed by atoms with van der Waals surface area (Å²) < 4.78 is 5.98. The molecule has 0 radical (unpaired) electrons. The van der Waals surface area contributed by atoms with Crippen molar-refractivity contribution in [3.05, 3.63) is 24.0 Å². The van der Waals surface area contributed by atoms with Crippen LogP contribution in [0.1, 0.15) is 46.1 Å². The maximum Gasteiger partial charge on any atom is 0.142 e. The second kappa shape index (κ2) is 8.09. The molecule has 1 atom stereocenters. The van der Waals surface area contributed by atoms with Crippen LogP contribution in [-0.2, 0) is 6.54 Å². The van der Waals surface area contributed by atoms with Crippen LogP contribution in [0.3, 0.4) is 0 Å². The summed E-state index contributed by atoms with van der Waals surface area (Å²) in [7, 11) is 0. The van der Waals surface area contributed by atoms with E-state index in [1.807, 2.05) is 18.5 Å². The molecular weight excluding hydrogens is 224 g/mol. The molecule has 0 aliphatic rings. The molecular formula is C15H26N2O. The number of nitrogens with zero attached hydrogens (tertiary/aromatic N) is 1. The second-order valence-electron chi connectivity index (χ2n) is 5.22. The summed E-state index contributed by atoms with van der Waals surface area (Å²) in [6.07, 6.45) is 6.09. The van der Waals surface area contributed by atoms with Gasteiger partial charge in [-0.25, -0.2) is 0 Å². The second-order valence-corrected chi connectivity index (χ2v) is 5.22. The highest BCUT2D eigenvalue weighted by molar-refractivity contribution is 5.29.